The minimum absolute atomic E-state index is 0.0968. The van der Waals surface area contributed by atoms with Crippen molar-refractivity contribution in [1.29, 1.82) is 0 Å². The van der Waals surface area contributed by atoms with Gasteiger partial charge in [-0.3, -0.25) is 0 Å². The summed E-state index contributed by atoms with van der Waals surface area (Å²) >= 11 is 8.56. The molecule has 6 heteroatoms. The van der Waals surface area contributed by atoms with Crippen molar-refractivity contribution < 1.29 is 9.18 Å². The molecule has 0 saturated carbocycles. The fourth-order valence-electron chi connectivity index (χ4n) is 0.751. The number of primary amides is 1. The summed E-state index contributed by atoms with van der Waals surface area (Å²) in [7, 11) is 0. The minimum atomic E-state index is -0.750. The van der Waals surface area contributed by atoms with Gasteiger partial charge in [0.2, 0.25) is 0 Å². The van der Waals surface area contributed by atoms with Crippen LogP contribution in [0.1, 0.15) is 0 Å². The number of amides is 2. The second-order valence-electron chi connectivity index (χ2n) is 2.24. The molecule has 1 rings (SSSR count). The highest BCUT2D eigenvalue weighted by Gasteiger charge is 2.07. The Morgan fingerprint density at radius 2 is 2.23 bits per heavy atom. The van der Waals surface area contributed by atoms with Gasteiger partial charge < -0.3 is 11.1 Å². The largest absolute Gasteiger partial charge is 0.351 e. The zero-order valence-electron chi connectivity index (χ0n) is 6.27. The van der Waals surface area contributed by atoms with Gasteiger partial charge in [0.1, 0.15) is 5.82 Å². The van der Waals surface area contributed by atoms with Crippen LogP contribution in [0.15, 0.2) is 16.6 Å². The molecular formula is C7H5BrClFN2O. The number of carbonyl (C=O) groups is 1. The van der Waals surface area contributed by atoms with Gasteiger partial charge in [0, 0.05) is 0 Å². The van der Waals surface area contributed by atoms with Gasteiger partial charge in [-0.25, -0.2) is 9.18 Å². The van der Waals surface area contributed by atoms with E-state index < -0.39 is 11.8 Å². The maximum absolute atomic E-state index is 12.8. The van der Waals surface area contributed by atoms with Gasteiger partial charge in [0.15, 0.2) is 0 Å². The van der Waals surface area contributed by atoms with E-state index in [-0.39, 0.29) is 15.2 Å². The van der Waals surface area contributed by atoms with Crippen molar-refractivity contribution in [3.8, 4) is 0 Å². The van der Waals surface area contributed by atoms with Crippen LogP contribution in [0.25, 0.3) is 0 Å². The van der Waals surface area contributed by atoms with Crippen LogP contribution in [-0.2, 0) is 0 Å². The molecule has 1 aromatic carbocycles. The Bertz CT molecular complexity index is 359. The van der Waals surface area contributed by atoms with Crippen molar-refractivity contribution >= 4 is 39.2 Å². The summed E-state index contributed by atoms with van der Waals surface area (Å²) in [6, 6.07) is 1.67. The van der Waals surface area contributed by atoms with Crippen LogP contribution in [0, 0.1) is 5.82 Å². The van der Waals surface area contributed by atoms with Crippen LogP contribution < -0.4 is 11.1 Å². The molecule has 70 valence electrons. The normalized spacial score (nSPS) is 9.77. The predicted molar refractivity (Wildman–Crippen MR) is 52.3 cm³/mol. The van der Waals surface area contributed by atoms with Crippen molar-refractivity contribution in [2.45, 2.75) is 0 Å². The molecule has 2 amide bonds. The summed E-state index contributed by atoms with van der Waals surface area (Å²) in [5.41, 5.74) is 5.13. The van der Waals surface area contributed by atoms with Crippen molar-refractivity contribution in [3.05, 3.63) is 27.4 Å². The van der Waals surface area contributed by atoms with E-state index in [4.69, 9.17) is 17.3 Å². The maximum atomic E-state index is 12.8. The van der Waals surface area contributed by atoms with E-state index in [9.17, 15) is 9.18 Å². The Balaban J connectivity index is 3.08. The molecule has 13 heavy (non-hydrogen) atoms. The average Bonchev–Trinajstić information content (AvgIpc) is 1.99. The van der Waals surface area contributed by atoms with E-state index in [0.717, 1.165) is 6.07 Å². The molecule has 0 unspecified atom stereocenters. The van der Waals surface area contributed by atoms with Gasteiger partial charge in [0.05, 0.1) is 15.2 Å². The van der Waals surface area contributed by atoms with Crippen LogP contribution in [0.3, 0.4) is 0 Å². The van der Waals surface area contributed by atoms with Gasteiger partial charge in [0.25, 0.3) is 0 Å². The van der Waals surface area contributed by atoms with Crippen LogP contribution >= 0.6 is 27.5 Å². The Morgan fingerprint density at radius 3 is 2.77 bits per heavy atom. The Morgan fingerprint density at radius 1 is 1.62 bits per heavy atom. The van der Waals surface area contributed by atoms with E-state index in [1.807, 2.05) is 0 Å². The first kappa shape index (κ1) is 10.3. The third-order valence-corrected chi connectivity index (χ3v) is 2.19. The number of nitrogens with two attached hydrogens (primary N) is 1. The number of benzene rings is 1. The highest BCUT2D eigenvalue weighted by atomic mass is 79.9. The van der Waals surface area contributed by atoms with Crippen molar-refractivity contribution in [3.63, 3.8) is 0 Å². The topological polar surface area (TPSA) is 55.1 Å². The number of nitrogens with one attached hydrogen (secondary N) is 1. The second-order valence-corrected chi connectivity index (χ2v) is 3.50. The molecule has 0 heterocycles. The molecule has 1 aromatic rings. The highest BCUT2D eigenvalue weighted by molar-refractivity contribution is 9.10. The van der Waals surface area contributed by atoms with Crippen LogP contribution in [-0.4, -0.2) is 6.03 Å². The highest BCUT2D eigenvalue weighted by Crippen LogP contribution is 2.28. The van der Waals surface area contributed by atoms with Gasteiger partial charge in [-0.15, -0.1) is 0 Å². The molecule has 0 aromatic heterocycles. The standard InChI is InChI=1S/C7H5BrClFN2O/c8-3-1-6(12-7(11)13)4(9)2-5(3)10/h1-2H,(H3,11,12,13). The van der Waals surface area contributed by atoms with Crippen LogP contribution in [0.2, 0.25) is 5.02 Å². The quantitative estimate of drug-likeness (QED) is 0.755. The van der Waals surface area contributed by atoms with Gasteiger partial charge in [-0.05, 0) is 28.1 Å². The van der Waals surface area contributed by atoms with E-state index in [1.165, 1.54) is 6.07 Å². The van der Waals surface area contributed by atoms with Crippen LogP contribution in [0.4, 0.5) is 14.9 Å². The molecule has 0 saturated heterocycles. The Hall–Kier alpha value is -0.810. The van der Waals surface area contributed by atoms with E-state index in [1.54, 1.807) is 0 Å². The number of hydrogen-bond donors (Lipinski definition) is 2. The number of carbonyl (C=O) groups excluding carboxylic acids is 1. The van der Waals surface area contributed by atoms with Gasteiger partial charge in [-0.1, -0.05) is 11.6 Å². The van der Waals surface area contributed by atoms with E-state index in [2.05, 4.69) is 21.2 Å². The first-order valence-corrected chi connectivity index (χ1v) is 4.39. The lowest BCUT2D eigenvalue weighted by molar-refractivity contribution is 0.259. The fourth-order valence-corrected chi connectivity index (χ4v) is 1.29. The third-order valence-electron chi connectivity index (χ3n) is 1.27. The number of hydrogen-bond acceptors (Lipinski definition) is 1. The molecule has 0 atom stereocenters. The molecule has 3 nitrogen and oxygen atoms in total. The molecular weight excluding hydrogens is 262 g/mol. The molecule has 0 radical (unpaired) electrons. The molecule has 0 aliphatic carbocycles. The van der Waals surface area contributed by atoms with E-state index in [0.29, 0.717) is 0 Å². The molecule has 0 bridgehead atoms. The smallest absolute Gasteiger partial charge is 0.316 e. The number of urea groups is 1. The zero-order chi connectivity index (χ0) is 10.0. The Kier molecular flexibility index (Phi) is 3.11. The minimum Gasteiger partial charge on any atom is -0.351 e. The van der Waals surface area contributed by atoms with Gasteiger partial charge in [-0.2, -0.15) is 0 Å². The van der Waals surface area contributed by atoms with Crippen molar-refractivity contribution in [2.75, 3.05) is 5.32 Å². The lowest BCUT2D eigenvalue weighted by atomic mass is 10.3. The first-order chi connectivity index (χ1) is 6.00. The summed E-state index contributed by atoms with van der Waals surface area (Å²) in [6.07, 6.45) is 0. The number of anilines is 1. The van der Waals surface area contributed by atoms with E-state index >= 15 is 0 Å². The fraction of sp³-hybridized carbons (Fsp3) is 0. The summed E-state index contributed by atoms with van der Waals surface area (Å²) in [6.45, 7) is 0. The Labute approximate surface area is 87.2 Å². The summed E-state index contributed by atoms with van der Waals surface area (Å²) in [5, 5.41) is 2.35. The molecule has 0 fully saturated rings. The summed E-state index contributed by atoms with van der Waals surface area (Å²) in [4.78, 5) is 10.5. The zero-order valence-corrected chi connectivity index (χ0v) is 8.62. The number of rotatable bonds is 1. The molecule has 3 N–H and O–H groups in total. The van der Waals surface area contributed by atoms with Gasteiger partial charge >= 0.3 is 6.03 Å². The SMILES string of the molecule is NC(=O)Nc1cc(Br)c(F)cc1Cl. The lowest BCUT2D eigenvalue weighted by Crippen LogP contribution is -2.19. The second kappa shape index (κ2) is 3.93. The van der Waals surface area contributed by atoms with Crippen LogP contribution in [0.5, 0.6) is 0 Å². The number of halogens is 3. The van der Waals surface area contributed by atoms with Crippen molar-refractivity contribution in [2.24, 2.45) is 5.73 Å². The molecule has 0 aliphatic rings. The molecule has 0 aliphatic heterocycles. The predicted octanol–water partition coefficient (Wildman–Crippen LogP) is 2.73. The third kappa shape index (κ3) is 2.57. The lowest BCUT2D eigenvalue weighted by Gasteiger charge is -2.05. The summed E-state index contributed by atoms with van der Waals surface area (Å²) < 4.78 is 13.0. The monoisotopic (exact) mass is 266 g/mol. The van der Waals surface area contributed by atoms with Crippen molar-refractivity contribution in [1.82, 2.24) is 0 Å². The average molecular weight is 267 g/mol. The first-order valence-electron chi connectivity index (χ1n) is 3.21. The maximum Gasteiger partial charge on any atom is 0.316 e. The summed E-state index contributed by atoms with van der Waals surface area (Å²) in [5.74, 6) is -0.500. The molecule has 0 spiro atoms.